The molecule has 7 heteroatoms. The molecule has 21 heavy (non-hydrogen) atoms. The molecule has 0 heterocycles. The van der Waals surface area contributed by atoms with Gasteiger partial charge >= 0.3 is 12.1 Å². The summed E-state index contributed by atoms with van der Waals surface area (Å²) in [6.07, 6.45) is -1.56. The van der Waals surface area contributed by atoms with Crippen molar-refractivity contribution in [2.75, 3.05) is 6.54 Å². The van der Waals surface area contributed by atoms with Gasteiger partial charge in [-0.05, 0) is 44.4 Å². The van der Waals surface area contributed by atoms with Crippen molar-refractivity contribution in [2.45, 2.75) is 57.5 Å². The summed E-state index contributed by atoms with van der Waals surface area (Å²) in [7, 11) is 0. The van der Waals surface area contributed by atoms with Crippen LogP contribution in [0.2, 0.25) is 0 Å². The standard InChI is InChI=1S/C14H22F3NO3/c15-14(16,17)11-6-4-10(5-7-11)9-12(19)18-8-2-1-3-13(20)21/h10-11H,1-9H2,(H,18,19)(H,20,21). The number of carboxylic acids is 1. The third-order valence-corrected chi connectivity index (χ3v) is 3.92. The fraction of sp³-hybridized carbons (Fsp3) is 0.857. The normalized spacial score (nSPS) is 22.8. The number of amides is 1. The van der Waals surface area contributed by atoms with Crippen LogP contribution < -0.4 is 5.32 Å². The van der Waals surface area contributed by atoms with E-state index in [-0.39, 0.29) is 37.5 Å². The third-order valence-electron chi connectivity index (χ3n) is 3.92. The molecule has 1 fully saturated rings. The summed E-state index contributed by atoms with van der Waals surface area (Å²) in [5, 5.41) is 11.1. The first kappa shape index (κ1) is 17.8. The quantitative estimate of drug-likeness (QED) is 0.710. The lowest BCUT2D eigenvalue weighted by atomic mass is 9.80. The molecule has 1 saturated carbocycles. The molecule has 0 spiro atoms. The maximum absolute atomic E-state index is 12.5. The van der Waals surface area contributed by atoms with Crippen LogP contribution in [0.15, 0.2) is 0 Å². The predicted molar refractivity (Wildman–Crippen MR) is 70.6 cm³/mol. The average Bonchev–Trinajstić information content (AvgIpc) is 2.37. The summed E-state index contributed by atoms with van der Waals surface area (Å²) in [6.45, 7) is 0.421. The minimum absolute atomic E-state index is 0.0302. The lowest BCUT2D eigenvalue weighted by Gasteiger charge is -2.29. The number of rotatable bonds is 7. The van der Waals surface area contributed by atoms with Crippen molar-refractivity contribution in [1.29, 1.82) is 0 Å². The van der Waals surface area contributed by atoms with E-state index in [1.54, 1.807) is 0 Å². The van der Waals surface area contributed by atoms with Crippen LogP contribution in [0.1, 0.15) is 51.4 Å². The lowest BCUT2D eigenvalue weighted by molar-refractivity contribution is -0.184. The Kier molecular flexibility index (Phi) is 6.98. The van der Waals surface area contributed by atoms with E-state index in [1.165, 1.54) is 0 Å². The van der Waals surface area contributed by atoms with Gasteiger partial charge in [-0.3, -0.25) is 9.59 Å². The second-order valence-electron chi connectivity index (χ2n) is 5.66. The summed E-state index contributed by atoms with van der Waals surface area (Å²) in [5.41, 5.74) is 0. The Bertz CT molecular complexity index is 350. The van der Waals surface area contributed by atoms with Crippen molar-refractivity contribution in [3.05, 3.63) is 0 Å². The smallest absolute Gasteiger partial charge is 0.391 e. The third kappa shape index (κ3) is 7.34. The highest BCUT2D eigenvalue weighted by atomic mass is 19.4. The van der Waals surface area contributed by atoms with Crippen molar-refractivity contribution in [2.24, 2.45) is 11.8 Å². The van der Waals surface area contributed by atoms with E-state index in [4.69, 9.17) is 5.11 Å². The zero-order valence-electron chi connectivity index (χ0n) is 11.9. The Hall–Kier alpha value is -1.27. The van der Waals surface area contributed by atoms with Crippen LogP contribution >= 0.6 is 0 Å². The van der Waals surface area contributed by atoms with Crippen molar-refractivity contribution in [3.8, 4) is 0 Å². The topological polar surface area (TPSA) is 66.4 Å². The first-order valence-corrected chi connectivity index (χ1v) is 7.34. The molecule has 122 valence electrons. The van der Waals surface area contributed by atoms with E-state index >= 15 is 0 Å². The highest BCUT2D eigenvalue weighted by molar-refractivity contribution is 5.76. The van der Waals surface area contributed by atoms with Gasteiger partial charge in [-0.25, -0.2) is 0 Å². The molecule has 0 unspecified atom stereocenters. The number of halogens is 3. The van der Waals surface area contributed by atoms with Crippen LogP contribution in [0.25, 0.3) is 0 Å². The van der Waals surface area contributed by atoms with Gasteiger partial charge in [0.1, 0.15) is 0 Å². The SMILES string of the molecule is O=C(O)CCCCNC(=O)CC1CCC(C(F)(F)F)CC1. The number of nitrogens with one attached hydrogen (secondary N) is 1. The van der Waals surface area contributed by atoms with E-state index in [1.807, 2.05) is 0 Å². The van der Waals surface area contributed by atoms with Gasteiger partial charge in [0, 0.05) is 19.4 Å². The molecule has 0 radical (unpaired) electrons. The molecule has 1 aliphatic rings. The second kappa shape index (κ2) is 8.24. The fourth-order valence-electron chi connectivity index (χ4n) is 2.66. The molecule has 0 bridgehead atoms. The number of hydrogen-bond donors (Lipinski definition) is 2. The van der Waals surface area contributed by atoms with E-state index in [2.05, 4.69) is 5.32 Å². The zero-order valence-corrected chi connectivity index (χ0v) is 11.9. The van der Waals surface area contributed by atoms with Crippen LogP contribution in [0, 0.1) is 11.8 Å². The van der Waals surface area contributed by atoms with Crippen molar-refractivity contribution in [3.63, 3.8) is 0 Å². The molecule has 0 aliphatic heterocycles. The Morgan fingerprint density at radius 3 is 2.24 bits per heavy atom. The number of aliphatic carboxylic acids is 1. The fourth-order valence-corrected chi connectivity index (χ4v) is 2.66. The predicted octanol–water partition coefficient (Wildman–Crippen LogP) is 3.12. The highest BCUT2D eigenvalue weighted by Crippen LogP contribution is 2.40. The van der Waals surface area contributed by atoms with Gasteiger partial charge in [0.15, 0.2) is 0 Å². The summed E-state index contributed by atoms with van der Waals surface area (Å²) in [4.78, 5) is 21.9. The Morgan fingerprint density at radius 1 is 1.10 bits per heavy atom. The average molecular weight is 309 g/mol. The van der Waals surface area contributed by atoms with Crippen LogP contribution in [0.5, 0.6) is 0 Å². The molecule has 0 saturated heterocycles. The van der Waals surface area contributed by atoms with E-state index in [0.29, 0.717) is 32.2 Å². The van der Waals surface area contributed by atoms with Crippen LogP contribution in [-0.2, 0) is 9.59 Å². The minimum atomic E-state index is -4.11. The van der Waals surface area contributed by atoms with Gasteiger partial charge in [-0.1, -0.05) is 0 Å². The summed E-state index contributed by atoms with van der Waals surface area (Å²) >= 11 is 0. The number of carbonyl (C=O) groups is 2. The first-order valence-electron chi connectivity index (χ1n) is 7.34. The van der Waals surface area contributed by atoms with Gasteiger partial charge in [-0.15, -0.1) is 0 Å². The lowest BCUT2D eigenvalue weighted by Crippen LogP contribution is -2.31. The van der Waals surface area contributed by atoms with E-state index in [9.17, 15) is 22.8 Å². The first-order chi connectivity index (χ1) is 9.79. The molecule has 0 aromatic heterocycles. The highest BCUT2D eigenvalue weighted by Gasteiger charge is 2.41. The van der Waals surface area contributed by atoms with Gasteiger partial charge in [0.25, 0.3) is 0 Å². The number of alkyl halides is 3. The minimum Gasteiger partial charge on any atom is -0.481 e. The van der Waals surface area contributed by atoms with Gasteiger partial charge in [-0.2, -0.15) is 13.2 Å². The van der Waals surface area contributed by atoms with Gasteiger partial charge < -0.3 is 10.4 Å². The molecule has 4 nitrogen and oxygen atoms in total. The molecule has 1 amide bonds. The largest absolute Gasteiger partial charge is 0.481 e. The molecular formula is C14H22F3NO3. The van der Waals surface area contributed by atoms with Gasteiger partial charge in [0.05, 0.1) is 5.92 Å². The Labute approximate surface area is 122 Å². The van der Waals surface area contributed by atoms with E-state index < -0.39 is 18.1 Å². The molecular weight excluding hydrogens is 287 g/mol. The zero-order chi connectivity index (χ0) is 15.9. The molecule has 1 rings (SSSR count). The number of carboxylic acid groups (broad SMARTS) is 1. The molecule has 2 N–H and O–H groups in total. The summed E-state index contributed by atoms with van der Waals surface area (Å²) in [6, 6.07) is 0. The Morgan fingerprint density at radius 2 is 1.71 bits per heavy atom. The Balaban J connectivity index is 2.12. The van der Waals surface area contributed by atoms with Crippen LogP contribution in [0.3, 0.4) is 0 Å². The molecule has 0 aromatic rings. The van der Waals surface area contributed by atoms with Crippen molar-refractivity contribution in [1.82, 2.24) is 5.32 Å². The van der Waals surface area contributed by atoms with Crippen molar-refractivity contribution < 1.29 is 27.9 Å². The van der Waals surface area contributed by atoms with Gasteiger partial charge in [0.2, 0.25) is 5.91 Å². The van der Waals surface area contributed by atoms with Crippen molar-refractivity contribution >= 4 is 11.9 Å². The second-order valence-corrected chi connectivity index (χ2v) is 5.66. The van der Waals surface area contributed by atoms with E-state index in [0.717, 1.165) is 0 Å². The molecule has 0 aromatic carbocycles. The molecule has 1 aliphatic carbocycles. The number of hydrogen-bond acceptors (Lipinski definition) is 2. The monoisotopic (exact) mass is 309 g/mol. The van der Waals surface area contributed by atoms with Crippen LogP contribution in [-0.4, -0.2) is 29.7 Å². The number of unbranched alkanes of at least 4 members (excludes halogenated alkanes) is 1. The summed E-state index contributed by atoms with van der Waals surface area (Å²) < 4.78 is 37.5. The molecule has 0 atom stereocenters. The number of carbonyl (C=O) groups excluding carboxylic acids is 1. The van der Waals surface area contributed by atoms with Crippen LogP contribution in [0.4, 0.5) is 13.2 Å². The maximum atomic E-state index is 12.5. The maximum Gasteiger partial charge on any atom is 0.391 e. The summed E-state index contributed by atoms with van der Waals surface area (Å²) in [5.74, 6) is -2.20.